The molecule has 4 heteroatoms. The van der Waals surface area contributed by atoms with Crippen LogP contribution in [0.4, 0.5) is 5.69 Å². The van der Waals surface area contributed by atoms with Crippen LogP contribution in [-0.2, 0) is 14.3 Å². The molecule has 1 rings (SSSR count). The number of ether oxygens (including phenoxy) is 2. The molecule has 1 unspecified atom stereocenters. The second-order valence-corrected chi connectivity index (χ2v) is 5.26. The Morgan fingerprint density at radius 2 is 2.05 bits per heavy atom. The molecule has 0 spiro atoms. The molecule has 0 amide bonds. The molecule has 0 aliphatic heterocycles. The number of hydrogen-bond acceptors (Lipinski definition) is 4. The van der Waals surface area contributed by atoms with Gasteiger partial charge in [0.25, 0.3) is 0 Å². The molecular weight excluding hydrogens is 242 g/mol. The van der Waals surface area contributed by atoms with E-state index in [1.165, 1.54) is 7.11 Å². The maximum absolute atomic E-state index is 11.9. The van der Waals surface area contributed by atoms with Crippen LogP contribution in [0.1, 0.15) is 25.8 Å². The van der Waals surface area contributed by atoms with Crippen LogP contribution in [-0.4, -0.2) is 31.8 Å². The van der Waals surface area contributed by atoms with E-state index < -0.39 is 11.6 Å². The number of aryl methyl sites for hydroxylation is 1. The van der Waals surface area contributed by atoms with Gasteiger partial charge < -0.3 is 14.8 Å². The second-order valence-electron chi connectivity index (χ2n) is 5.26. The van der Waals surface area contributed by atoms with Gasteiger partial charge in [-0.3, -0.25) is 0 Å². The number of benzene rings is 1. The molecule has 0 saturated carbocycles. The van der Waals surface area contributed by atoms with Gasteiger partial charge in [0.2, 0.25) is 0 Å². The third-order valence-electron chi connectivity index (χ3n) is 3.09. The summed E-state index contributed by atoms with van der Waals surface area (Å²) in [6, 6.07) is 7.46. The van der Waals surface area contributed by atoms with Crippen LogP contribution < -0.4 is 5.32 Å². The Morgan fingerprint density at radius 3 is 2.58 bits per heavy atom. The van der Waals surface area contributed by atoms with Crippen molar-refractivity contribution < 1.29 is 14.3 Å². The zero-order valence-electron chi connectivity index (χ0n) is 12.3. The predicted octanol–water partition coefficient (Wildman–Crippen LogP) is 2.76. The number of carbonyl (C=O) groups is 1. The van der Waals surface area contributed by atoms with Crippen molar-refractivity contribution in [2.24, 2.45) is 0 Å². The van der Waals surface area contributed by atoms with Crippen molar-refractivity contribution in [3.8, 4) is 0 Å². The topological polar surface area (TPSA) is 47.6 Å². The number of anilines is 1. The average Bonchev–Trinajstić information content (AvgIpc) is 2.37. The minimum absolute atomic E-state index is 0.286. The Balaban J connectivity index is 2.83. The highest BCUT2D eigenvalue weighted by Crippen LogP contribution is 2.20. The van der Waals surface area contributed by atoms with Crippen molar-refractivity contribution >= 4 is 11.7 Å². The summed E-state index contributed by atoms with van der Waals surface area (Å²) < 4.78 is 10.2. The predicted molar refractivity (Wildman–Crippen MR) is 76.3 cm³/mol. The van der Waals surface area contributed by atoms with E-state index >= 15 is 0 Å². The fourth-order valence-electron chi connectivity index (χ4n) is 1.85. The van der Waals surface area contributed by atoms with E-state index in [2.05, 4.69) is 5.32 Å². The zero-order chi connectivity index (χ0) is 14.5. The van der Waals surface area contributed by atoms with Crippen molar-refractivity contribution in [1.82, 2.24) is 0 Å². The van der Waals surface area contributed by atoms with E-state index in [4.69, 9.17) is 9.47 Å². The standard InChI is InChI=1S/C15H23NO3/c1-11-7-6-8-12(9-11)16-13(14(17)18-4)10-15(2,3)19-5/h6-9,13,16H,10H2,1-5H3. The molecule has 1 N–H and O–H groups in total. The summed E-state index contributed by atoms with van der Waals surface area (Å²) in [6.07, 6.45) is 0.532. The number of methoxy groups -OCH3 is 2. The number of nitrogens with one attached hydrogen (secondary N) is 1. The quantitative estimate of drug-likeness (QED) is 0.803. The van der Waals surface area contributed by atoms with Crippen LogP contribution in [0.3, 0.4) is 0 Å². The highest BCUT2D eigenvalue weighted by molar-refractivity contribution is 5.79. The SMILES string of the molecule is COC(=O)C(CC(C)(C)OC)Nc1cccc(C)c1. The number of esters is 1. The molecule has 0 bridgehead atoms. The molecule has 1 atom stereocenters. The van der Waals surface area contributed by atoms with Crippen LogP contribution in [0, 0.1) is 6.92 Å². The van der Waals surface area contributed by atoms with Gasteiger partial charge in [-0.15, -0.1) is 0 Å². The molecule has 0 heterocycles. The number of hydrogen-bond donors (Lipinski definition) is 1. The summed E-state index contributed by atoms with van der Waals surface area (Å²) in [5, 5.41) is 3.21. The van der Waals surface area contributed by atoms with Gasteiger partial charge in [-0.1, -0.05) is 12.1 Å². The average molecular weight is 265 g/mol. The van der Waals surface area contributed by atoms with Gasteiger partial charge in [-0.25, -0.2) is 4.79 Å². The first-order valence-corrected chi connectivity index (χ1v) is 6.34. The van der Waals surface area contributed by atoms with Crippen LogP contribution >= 0.6 is 0 Å². The van der Waals surface area contributed by atoms with Crippen molar-refractivity contribution in [2.45, 2.75) is 38.8 Å². The first-order chi connectivity index (χ1) is 8.88. The molecule has 1 aromatic rings. The van der Waals surface area contributed by atoms with E-state index in [0.29, 0.717) is 6.42 Å². The summed E-state index contributed by atoms with van der Waals surface area (Å²) in [5.41, 5.74) is 1.65. The summed E-state index contributed by atoms with van der Waals surface area (Å²) in [4.78, 5) is 11.9. The second kappa shape index (κ2) is 6.57. The normalized spacial score (nSPS) is 12.9. The van der Waals surface area contributed by atoms with Crippen molar-refractivity contribution in [1.29, 1.82) is 0 Å². The van der Waals surface area contributed by atoms with Gasteiger partial charge in [-0.2, -0.15) is 0 Å². The number of carbonyl (C=O) groups excluding carboxylic acids is 1. The molecule has 0 saturated heterocycles. The first-order valence-electron chi connectivity index (χ1n) is 6.34. The summed E-state index contributed by atoms with van der Waals surface area (Å²) >= 11 is 0. The van der Waals surface area contributed by atoms with E-state index in [0.717, 1.165) is 11.3 Å². The van der Waals surface area contributed by atoms with Crippen molar-refractivity contribution in [2.75, 3.05) is 19.5 Å². The minimum atomic E-state index is -0.429. The monoisotopic (exact) mass is 265 g/mol. The van der Waals surface area contributed by atoms with Gasteiger partial charge in [-0.05, 0) is 38.5 Å². The van der Waals surface area contributed by atoms with Gasteiger partial charge in [0, 0.05) is 19.2 Å². The Morgan fingerprint density at radius 1 is 1.37 bits per heavy atom. The Hall–Kier alpha value is -1.55. The first kappa shape index (κ1) is 15.5. The van der Waals surface area contributed by atoms with E-state index in [-0.39, 0.29) is 5.97 Å². The van der Waals surface area contributed by atoms with Crippen LogP contribution in [0.25, 0.3) is 0 Å². The van der Waals surface area contributed by atoms with Crippen LogP contribution in [0.15, 0.2) is 24.3 Å². The Labute approximate surface area is 115 Å². The lowest BCUT2D eigenvalue weighted by Crippen LogP contribution is -2.39. The third-order valence-corrected chi connectivity index (χ3v) is 3.09. The van der Waals surface area contributed by atoms with E-state index in [9.17, 15) is 4.79 Å². The molecule has 1 aromatic carbocycles. The molecule has 0 aliphatic rings. The molecule has 106 valence electrons. The molecule has 0 fully saturated rings. The van der Waals surface area contributed by atoms with Gasteiger partial charge >= 0.3 is 5.97 Å². The minimum Gasteiger partial charge on any atom is -0.467 e. The van der Waals surface area contributed by atoms with Crippen LogP contribution in [0.2, 0.25) is 0 Å². The van der Waals surface area contributed by atoms with E-state index in [1.807, 2.05) is 45.0 Å². The zero-order valence-corrected chi connectivity index (χ0v) is 12.3. The van der Waals surface area contributed by atoms with E-state index in [1.54, 1.807) is 7.11 Å². The Bertz CT molecular complexity index is 429. The highest BCUT2D eigenvalue weighted by Gasteiger charge is 2.28. The lowest BCUT2D eigenvalue weighted by Gasteiger charge is -2.28. The molecule has 19 heavy (non-hydrogen) atoms. The van der Waals surface area contributed by atoms with Gasteiger partial charge in [0.05, 0.1) is 12.7 Å². The molecule has 4 nitrogen and oxygen atoms in total. The maximum Gasteiger partial charge on any atom is 0.328 e. The molecular formula is C15H23NO3. The largest absolute Gasteiger partial charge is 0.467 e. The maximum atomic E-state index is 11.9. The smallest absolute Gasteiger partial charge is 0.328 e. The fraction of sp³-hybridized carbons (Fsp3) is 0.533. The third kappa shape index (κ3) is 4.91. The van der Waals surface area contributed by atoms with Gasteiger partial charge in [0.15, 0.2) is 0 Å². The summed E-state index contributed by atoms with van der Waals surface area (Å²) in [5.74, 6) is -0.286. The summed E-state index contributed by atoms with van der Waals surface area (Å²) in [6.45, 7) is 5.90. The fourth-order valence-corrected chi connectivity index (χ4v) is 1.85. The highest BCUT2D eigenvalue weighted by atomic mass is 16.5. The van der Waals surface area contributed by atoms with Crippen molar-refractivity contribution in [3.05, 3.63) is 29.8 Å². The number of rotatable bonds is 6. The van der Waals surface area contributed by atoms with Gasteiger partial charge in [0.1, 0.15) is 6.04 Å². The lowest BCUT2D eigenvalue weighted by molar-refractivity contribution is -0.143. The lowest BCUT2D eigenvalue weighted by atomic mass is 9.98. The summed E-state index contributed by atoms with van der Waals surface area (Å²) in [7, 11) is 3.04. The molecule has 0 aliphatic carbocycles. The molecule has 0 radical (unpaired) electrons. The van der Waals surface area contributed by atoms with Crippen molar-refractivity contribution in [3.63, 3.8) is 0 Å². The van der Waals surface area contributed by atoms with Crippen LogP contribution in [0.5, 0.6) is 0 Å². The Kier molecular flexibility index (Phi) is 5.36. The molecule has 0 aromatic heterocycles.